The molecular weight excluding hydrogens is 412 g/mol. The lowest BCUT2D eigenvalue weighted by Crippen LogP contribution is -2.31. The maximum atomic E-state index is 13.9. The highest BCUT2D eigenvalue weighted by Gasteiger charge is 2.55. The van der Waals surface area contributed by atoms with Crippen molar-refractivity contribution in [3.05, 3.63) is 39.9 Å². The van der Waals surface area contributed by atoms with E-state index in [0.29, 0.717) is 22.8 Å². The van der Waals surface area contributed by atoms with Gasteiger partial charge in [0.1, 0.15) is 5.69 Å². The Labute approximate surface area is 185 Å². The van der Waals surface area contributed by atoms with Crippen molar-refractivity contribution in [2.75, 3.05) is 0 Å². The number of pyridine rings is 2. The third kappa shape index (κ3) is 3.27. The molecule has 1 amide bonds. The van der Waals surface area contributed by atoms with Crippen LogP contribution in [0.1, 0.15) is 79.9 Å². The minimum absolute atomic E-state index is 0.00120. The number of nitrogens with one attached hydrogen (secondary N) is 1. The van der Waals surface area contributed by atoms with Crippen molar-refractivity contribution in [3.63, 3.8) is 0 Å². The number of hydrogen-bond donors (Lipinski definition) is 2. The number of carbonyl (C=O) groups excluding carboxylic acids is 1. The fourth-order valence-corrected chi connectivity index (χ4v) is 7.50. The summed E-state index contributed by atoms with van der Waals surface area (Å²) in [7, 11) is 0. The quantitative estimate of drug-likeness (QED) is 0.720. The molecule has 170 valence electrons. The first-order valence-electron chi connectivity index (χ1n) is 11.9. The lowest BCUT2D eigenvalue weighted by Gasteiger charge is -2.40. The van der Waals surface area contributed by atoms with Crippen LogP contribution in [0.15, 0.2) is 23.1 Å². The van der Waals surface area contributed by atoms with Crippen molar-refractivity contribution < 1.29 is 13.6 Å². The van der Waals surface area contributed by atoms with Crippen LogP contribution in [0.2, 0.25) is 0 Å². The van der Waals surface area contributed by atoms with Gasteiger partial charge in [0, 0.05) is 36.7 Å². The van der Waals surface area contributed by atoms with E-state index in [9.17, 15) is 18.4 Å². The molecule has 5 nitrogen and oxygen atoms in total. The van der Waals surface area contributed by atoms with Crippen LogP contribution in [0.5, 0.6) is 0 Å². The second-order valence-corrected chi connectivity index (χ2v) is 11.1. The van der Waals surface area contributed by atoms with Gasteiger partial charge in [-0.15, -0.1) is 0 Å². The average molecular weight is 442 g/mol. The van der Waals surface area contributed by atoms with E-state index in [-0.39, 0.29) is 47.1 Å². The lowest BCUT2D eigenvalue weighted by atomic mass is 9.65. The zero-order chi connectivity index (χ0) is 22.3. The normalized spacial score (nSPS) is 34.6. The minimum atomic E-state index is -2.49. The molecule has 0 bridgehead atoms. The molecule has 2 aromatic rings. The Kier molecular flexibility index (Phi) is 4.34. The van der Waals surface area contributed by atoms with Gasteiger partial charge in [-0.05, 0) is 80.1 Å². The third-order valence-electron chi connectivity index (χ3n) is 9.14. The first-order chi connectivity index (χ1) is 15.2. The Morgan fingerprint density at radius 3 is 2.47 bits per heavy atom. The van der Waals surface area contributed by atoms with Crippen LogP contribution < -0.4 is 11.2 Å². The summed E-state index contributed by atoms with van der Waals surface area (Å²) in [5, 5.41) is 0.245. The maximum Gasteiger partial charge on any atom is 0.268 e. The number of alkyl halides is 2. The molecule has 4 aliphatic rings. The van der Waals surface area contributed by atoms with Crippen molar-refractivity contribution in [2.45, 2.75) is 69.6 Å². The topological polar surface area (TPSA) is 88.8 Å². The van der Waals surface area contributed by atoms with Gasteiger partial charge in [-0.25, -0.2) is 8.78 Å². The number of carbonyl (C=O) groups is 1. The van der Waals surface area contributed by atoms with E-state index in [0.717, 1.165) is 31.4 Å². The summed E-state index contributed by atoms with van der Waals surface area (Å²) in [5.74, 6) is -1.83. The molecule has 2 aromatic heterocycles. The number of primary amides is 1. The molecule has 0 aliphatic heterocycles. The number of amides is 1. The molecule has 3 unspecified atom stereocenters. The summed E-state index contributed by atoms with van der Waals surface area (Å²) < 4.78 is 27.8. The van der Waals surface area contributed by atoms with Crippen LogP contribution in [0.4, 0.5) is 8.78 Å². The molecule has 0 radical (unpaired) electrons. The maximum absolute atomic E-state index is 13.9. The van der Waals surface area contributed by atoms with E-state index in [1.54, 1.807) is 12.1 Å². The summed E-state index contributed by atoms with van der Waals surface area (Å²) in [5.41, 5.74) is 7.11. The van der Waals surface area contributed by atoms with Gasteiger partial charge in [-0.1, -0.05) is 0 Å². The highest BCUT2D eigenvalue weighted by molar-refractivity contribution is 6.03. The van der Waals surface area contributed by atoms with Crippen molar-refractivity contribution in [3.8, 4) is 0 Å². The average Bonchev–Trinajstić information content (AvgIpc) is 3.27. The first-order valence-corrected chi connectivity index (χ1v) is 11.9. The second kappa shape index (κ2) is 6.84. The van der Waals surface area contributed by atoms with Crippen LogP contribution in [0.25, 0.3) is 10.9 Å². The summed E-state index contributed by atoms with van der Waals surface area (Å²) in [4.78, 5) is 32.3. The van der Waals surface area contributed by atoms with Crippen LogP contribution >= 0.6 is 0 Å². The molecule has 0 saturated heterocycles. The van der Waals surface area contributed by atoms with E-state index < -0.39 is 11.8 Å². The number of nitrogens with two attached hydrogens (primary N) is 1. The van der Waals surface area contributed by atoms with Gasteiger partial charge in [0.25, 0.3) is 5.91 Å². The Balaban J connectivity index is 1.35. The largest absolute Gasteiger partial charge is 0.364 e. The van der Waals surface area contributed by atoms with Gasteiger partial charge in [0.2, 0.25) is 5.92 Å². The van der Waals surface area contributed by atoms with Crippen LogP contribution in [0.3, 0.4) is 0 Å². The molecule has 6 rings (SSSR count). The second-order valence-electron chi connectivity index (χ2n) is 11.1. The van der Waals surface area contributed by atoms with E-state index in [2.05, 4.69) is 9.97 Å². The summed E-state index contributed by atoms with van der Waals surface area (Å²) in [6.45, 7) is 0. The van der Waals surface area contributed by atoms with Crippen LogP contribution in [-0.2, 0) is 0 Å². The number of nitrogens with zero attached hydrogens (tertiary/aromatic N) is 1. The van der Waals surface area contributed by atoms with Gasteiger partial charge < -0.3 is 10.7 Å². The smallest absolute Gasteiger partial charge is 0.268 e. The number of aromatic nitrogens is 2. The summed E-state index contributed by atoms with van der Waals surface area (Å²) >= 11 is 0. The molecule has 2 heterocycles. The van der Waals surface area contributed by atoms with E-state index in [1.165, 1.54) is 25.5 Å². The zero-order valence-corrected chi connectivity index (χ0v) is 18.1. The monoisotopic (exact) mass is 441 g/mol. The van der Waals surface area contributed by atoms with Gasteiger partial charge in [-0.3, -0.25) is 14.6 Å². The van der Waals surface area contributed by atoms with E-state index in [1.807, 2.05) is 0 Å². The minimum Gasteiger partial charge on any atom is -0.364 e. The fourth-order valence-electron chi connectivity index (χ4n) is 7.50. The van der Waals surface area contributed by atoms with Gasteiger partial charge >= 0.3 is 0 Å². The number of fused-ring (bicyclic) bond motifs is 2. The molecule has 32 heavy (non-hydrogen) atoms. The van der Waals surface area contributed by atoms with E-state index in [4.69, 9.17) is 5.73 Å². The number of aromatic amines is 1. The molecule has 5 atom stereocenters. The fraction of sp³-hybridized carbons (Fsp3) is 0.640. The number of hydrogen-bond acceptors (Lipinski definition) is 3. The van der Waals surface area contributed by atoms with Crippen molar-refractivity contribution in [1.29, 1.82) is 0 Å². The number of rotatable bonds is 3. The standard InChI is InChI=1S/C25H29F2N3O2/c26-25(27)10-14-7-13(8-15(14)11-25)16-1-3-24(4-5-24)12-17(16)19-9-20(31)21-18(30-19)2-6-29-22(21)23(28)32/h2,6,9,13-17H,1,3-5,7-8,10-12H2,(H2,28,32)(H,30,31)/t13?,14-,15+,16?,17?. The molecule has 4 aliphatic carbocycles. The van der Waals surface area contributed by atoms with Gasteiger partial charge in [0.15, 0.2) is 5.43 Å². The van der Waals surface area contributed by atoms with Crippen molar-refractivity contribution in [2.24, 2.45) is 34.8 Å². The number of halogens is 2. The Morgan fingerprint density at radius 2 is 1.81 bits per heavy atom. The van der Waals surface area contributed by atoms with E-state index >= 15 is 0 Å². The van der Waals surface area contributed by atoms with Crippen LogP contribution in [-0.4, -0.2) is 21.8 Å². The predicted octanol–water partition coefficient (Wildman–Crippen LogP) is 4.76. The predicted molar refractivity (Wildman–Crippen MR) is 117 cm³/mol. The van der Waals surface area contributed by atoms with Gasteiger partial charge in [0.05, 0.1) is 10.9 Å². The van der Waals surface area contributed by atoms with Gasteiger partial charge in [-0.2, -0.15) is 0 Å². The Hall–Kier alpha value is -2.31. The van der Waals surface area contributed by atoms with Crippen molar-refractivity contribution in [1.82, 2.24) is 9.97 Å². The molecule has 0 aromatic carbocycles. The number of H-pyrrole nitrogens is 1. The highest BCUT2D eigenvalue weighted by Crippen LogP contribution is 2.64. The SMILES string of the molecule is NC(=O)c1nccc2[nH]c(C3CC4(CCC3C3C[C@@H]5CC(F)(F)C[C@@H]5C3)CC4)cc(=O)c12. The molecule has 4 saturated carbocycles. The van der Waals surface area contributed by atoms with Crippen LogP contribution in [0, 0.1) is 29.1 Å². The molecule has 3 N–H and O–H groups in total. The third-order valence-corrected chi connectivity index (χ3v) is 9.14. The van der Waals surface area contributed by atoms with Crippen molar-refractivity contribution >= 4 is 16.8 Å². The zero-order valence-electron chi connectivity index (χ0n) is 18.1. The molecule has 7 heteroatoms. The highest BCUT2D eigenvalue weighted by atomic mass is 19.3. The Morgan fingerprint density at radius 1 is 1.09 bits per heavy atom. The summed E-state index contributed by atoms with van der Waals surface area (Å²) in [6.07, 6.45) is 9.23. The lowest BCUT2D eigenvalue weighted by molar-refractivity contribution is -0.00308. The first kappa shape index (κ1) is 20.3. The summed E-state index contributed by atoms with van der Waals surface area (Å²) in [6, 6.07) is 3.36. The molecule has 4 fully saturated rings. The Bertz CT molecular complexity index is 1140. The molecular formula is C25H29F2N3O2. The molecule has 1 spiro atoms.